The molecule has 6 N–H and O–H groups in total. The maximum absolute atomic E-state index is 14.0. The van der Waals surface area contributed by atoms with Gasteiger partial charge in [0.1, 0.15) is 0 Å². The third-order valence-electron chi connectivity index (χ3n) is 14.0. The molecule has 0 atom stereocenters. The van der Waals surface area contributed by atoms with Crippen molar-refractivity contribution in [3.8, 4) is 44.5 Å². The number of aromatic amines is 2. The van der Waals surface area contributed by atoms with E-state index in [1.807, 2.05) is 193 Å². The van der Waals surface area contributed by atoms with Crippen molar-refractivity contribution in [3.63, 3.8) is 0 Å². The Morgan fingerprint density at radius 1 is 0.329 bits per heavy atom. The maximum atomic E-state index is 14.0. The average molecular weight is 1010 g/mol. The third-order valence-corrected chi connectivity index (χ3v) is 14.0. The van der Waals surface area contributed by atoms with Gasteiger partial charge in [-0.1, -0.05) is 72.8 Å². The minimum atomic E-state index is -0.196. The van der Waals surface area contributed by atoms with Gasteiger partial charge in [0.15, 0.2) is 0 Å². The number of fused-ring (bicyclic) bond motifs is 16. The Morgan fingerprint density at radius 3 is 0.789 bits per heavy atom. The molecular formula is C60H58N12O4. The van der Waals surface area contributed by atoms with Gasteiger partial charge in [0.25, 0.3) is 0 Å². The van der Waals surface area contributed by atoms with Crippen molar-refractivity contribution in [2.75, 3.05) is 102 Å². The van der Waals surface area contributed by atoms with Gasteiger partial charge in [-0.25, -0.2) is 9.97 Å². The van der Waals surface area contributed by atoms with Crippen LogP contribution in [0.5, 0.6) is 0 Å². The largest absolute Gasteiger partial charge is 0.354 e. The summed E-state index contributed by atoms with van der Waals surface area (Å²) in [5, 5.41) is 12.9. The zero-order valence-electron chi connectivity index (χ0n) is 42.8. The summed E-state index contributed by atoms with van der Waals surface area (Å²) in [5.41, 5.74) is 13.5. The van der Waals surface area contributed by atoms with E-state index >= 15 is 0 Å². The monoisotopic (exact) mass is 1010 g/mol. The topological polar surface area (TPSA) is 187 Å². The second-order valence-corrected chi connectivity index (χ2v) is 19.8. The van der Waals surface area contributed by atoms with E-state index < -0.39 is 0 Å². The molecule has 0 radical (unpaired) electrons. The molecule has 0 unspecified atom stereocenters. The van der Waals surface area contributed by atoms with Gasteiger partial charge >= 0.3 is 0 Å². The van der Waals surface area contributed by atoms with E-state index in [0.29, 0.717) is 93.8 Å². The molecule has 7 heterocycles. The van der Waals surface area contributed by atoms with Crippen LogP contribution in [-0.2, 0) is 19.2 Å². The number of H-pyrrole nitrogens is 2. The van der Waals surface area contributed by atoms with Crippen molar-refractivity contribution in [2.24, 2.45) is 0 Å². The minimum Gasteiger partial charge on any atom is -0.354 e. The normalized spacial score (nSPS) is 16.5. The van der Waals surface area contributed by atoms with E-state index in [9.17, 15) is 19.2 Å². The molecule has 16 nitrogen and oxygen atoms in total. The first-order valence-corrected chi connectivity index (χ1v) is 25.4. The van der Waals surface area contributed by atoms with Crippen LogP contribution >= 0.6 is 0 Å². The van der Waals surface area contributed by atoms with Crippen LogP contribution in [-0.4, -0.2) is 144 Å². The molecule has 4 aliphatic rings. The standard InChI is InChI=1S/C60H58N12O4/c1-69-29-30-70(2)34-54(74)66-42-18-10-6-14-38(42)58-46-22-21-45(61-46)57(37-13-5-9-17-41(37)65-53(73)33-69)49-25-26-50(63-49)59-39-15-7-11-19-43(39)67-55(75)35-71(3)31-32-72(4)36-56(76)68-44-20-12-8-16-40(44)60(48-24-23-47(59)62-48)52-28-27-51(58)64-52/h5-28,63-64H,29-36H2,1-4H3,(H,65,73)(H,66,74)(H,67,75)(H,68,76). The zero-order valence-corrected chi connectivity index (χ0v) is 42.8. The van der Waals surface area contributed by atoms with Crippen LogP contribution in [0.25, 0.3) is 90.9 Å². The number of para-hydroxylation sites is 4. The van der Waals surface area contributed by atoms with Gasteiger partial charge in [-0.3, -0.25) is 38.8 Å². The van der Waals surface area contributed by atoms with Crippen LogP contribution in [0, 0.1) is 0 Å². The summed E-state index contributed by atoms with van der Waals surface area (Å²) in [6.45, 7) is 2.65. The van der Waals surface area contributed by atoms with E-state index in [1.54, 1.807) is 0 Å². The molecule has 4 aliphatic heterocycles. The number of nitrogens with zero attached hydrogens (tertiary/aromatic N) is 6. The van der Waals surface area contributed by atoms with Crippen LogP contribution < -0.4 is 21.3 Å². The number of likely N-dealkylation sites (N-methyl/N-ethyl adjacent to an activating group) is 4. The molecule has 16 heteroatoms. The fraction of sp³-hybridized carbons (Fsp3) is 0.200. The van der Waals surface area contributed by atoms with E-state index in [0.717, 1.165) is 44.5 Å². The lowest BCUT2D eigenvalue weighted by Gasteiger charge is -2.22. The molecule has 76 heavy (non-hydrogen) atoms. The first-order valence-electron chi connectivity index (χ1n) is 25.4. The number of benzene rings is 4. The van der Waals surface area contributed by atoms with Crippen molar-refractivity contribution in [2.45, 2.75) is 0 Å². The summed E-state index contributed by atoms with van der Waals surface area (Å²) < 4.78 is 0. The number of carbonyl (C=O) groups is 4. The Bertz CT molecular complexity index is 3240. The number of hydrogen-bond donors (Lipinski definition) is 6. The van der Waals surface area contributed by atoms with Gasteiger partial charge in [-0.05, 0) is 101 Å². The summed E-state index contributed by atoms with van der Waals surface area (Å²) in [6, 6.07) is 39.0. The highest BCUT2D eigenvalue weighted by Crippen LogP contribution is 2.43. The molecule has 0 saturated carbocycles. The molecule has 12 bridgehead atoms. The second-order valence-electron chi connectivity index (χ2n) is 19.8. The SMILES string of the molecule is CN1CCN(C)CC(=O)Nc2ccccc2-c2c3nc(c(c4ccc([nH]4)c4c5nc(c(c6ccc2[nH]6)-c2ccccc2NC(=O)CN(C)CCN(C)CC(=O)Nc2ccccc2-4)C=C5)-c2ccccc2NC(=O)C1)C=C3. The van der Waals surface area contributed by atoms with Crippen molar-refractivity contribution in [1.82, 2.24) is 39.5 Å². The van der Waals surface area contributed by atoms with Crippen molar-refractivity contribution >= 4 is 92.7 Å². The fourth-order valence-corrected chi connectivity index (χ4v) is 10.3. The second kappa shape index (κ2) is 21.2. The molecule has 0 aliphatic carbocycles. The first kappa shape index (κ1) is 49.4. The van der Waals surface area contributed by atoms with Crippen LogP contribution in [0.2, 0.25) is 0 Å². The van der Waals surface area contributed by atoms with Crippen LogP contribution in [0.15, 0.2) is 121 Å². The lowest BCUT2D eigenvalue weighted by atomic mass is 10.0. The van der Waals surface area contributed by atoms with E-state index in [4.69, 9.17) is 9.97 Å². The van der Waals surface area contributed by atoms with Crippen molar-refractivity contribution < 1.29 is 19.2 Å². The molecule has 0 saturated heterocycles. The van der Waals surface area contributed by atoms with Crippen molar-refractivity contribution in [1.29, 1.82) is 0 Å². The molecule has 7 aromatic rings. The fourth-order valence-electron chi connectivity index (χ4n) is 10.3. The predicted molar refractivity (Wildman–Crippen MR) is 305 cm³/mol. The van der Waals surface area contributed by atoms with Gasteiger partial charge in [0, 0.05) is 116 Å². The Labute approximate surface area is 440 Å². The average Bonchev–Trinajstić information content (AvgIpc) is 4.27. The quantitative estimate of drug-likeness (QED) is 0.0858. The molecule has 0 fully saturated rings. The summed E-state index contributed by atoms with van der Waals surface area (Å²) >= 11 is 0. The van der Waals surface area contributed by atoms with E-state index in [2.05, 4.69) is 31.2 Å². The van der Waals surface area contributed by atoms with Crippen molar-refractivity contribution in [3.05, 3.63) is 144 Å². The Morgan fingerprint density at radius 2 is 0.553 bits per heavy atom. The smallest absolute Gasteiger partial charge is 0.238 e. The van der Waals surface area contributed by atoms with E-state index in [-0.39, 0.29) is 49.8 Å². The summed E-state index contributed by atoms with van der Waals surface area (Å²) in [4.78, 5) is 82.2. The third kappa shape index (κ3) is 10.3. The Hall–Kier alpha value is -8.80. The number of rotatable bonds is 0. The lowest BCUT2D eigenvalue weighted by molar-refractivity contribution is -0.118. The Balaban J connectivity index is 1.28. The number of carbonyl (C=O) groups excluding carboxylic acids is 4. The maximum Gasteiger partial charge on any atom is 0.238 e. The van der Waals surface area contributed by atoms with Crippen LogP contribution in [0.3, 0.4) is 0 Å². The minimum absolute atomic E-state index is 0.120. The van der Waals surface area contributed by atoms with Gasteiger partial charge in [-0.2, -0.15) is 0 Å². The summed E-state index contributed by atoms with van der Waals surface area (Å²) in [6.07, 6.45) is 7.92. The number of nitrogens with one attached hydrogen (secondary N) is 6. The molecule has 3 aromatic heterocycles. The highest BCUT2D eigenvalue weighted by Gasteiger charge is 2.25. The molecule has 11 rings (SSSR count). The molecular weight excluding hydrogens is 953 g/mol. The van der Waals surface area contributed by atoms with Gasteiger partial charge in [0.2, 0.25) is 23.6 Å². The number of anilines is 4. The van der Waals surface area contributed by atoms with Gasteiger partial charge < -0.3 is 31.2 Å². The van der Waals surface area contributed by atoms with Crippen LogP contribution in [0.1, 0.15) is 22.8 Å². The van der Waals surface area contributed by atoms with Gasteiger partial charge in [-0.15, -0.1) is 0 Å². The highest BCUT2D eigenvalue weighted by molar-refractivity contribution is 6.08. The molecule has 4 amide bonds. The van der Waals surface area contributed by atoms with Crippen LogP contribution in [0.4, 0.5) is 22.7 Å². The van der Waals surface area contributed by atoms with Gasteiger partial charge in [0.05, 0.1) is 49.0 Å². The highest BCUT2D eigenvalue weighted by atomic mass is 16.2. The summed E-state index contributed by atoms with van der Waals surface area (Å²) in [5.74, 6) is -0.782. The van der Waals surface area contributed by atoms with E-state index in [1.165, 1.54) is 0 Å². The number of amides is 4. The number of aromatic nitrogens is 4. The molecule has 4 aromatic carbocycles. The lowest BCUT2D eigenvalue weighted by Crippen LogP contribution is -2.38. The predicted octanol–water partition coefficient (Wildman–Crippen LogP) is 8.83. The Kier molecular flexibility index (Phi) is 13.8. The first-order chi connectivity index (χ1) is 36.9. The molecule has 0 spiro atoms. The molecule has 382 valence electrons. The number of hydrogen-bond acceptors (Lipinski definition) is 10. The zero-order chi connectivity index (χ0) is 52.5. The summed E-state index contributed by atoms with van der Waals surface area (Å²) in [7, 11) is 7.57.